The van der Waals surface area contributed by atoms with Crippen molar-refractivity contribution in [2.45, 2.75) is 17.2 Å². The Morgan fingerprint density at radius 3 is 2.84 bits per heavy atom. The molecule has 2 N–H and O–H groups in total. The average Bonchev–Trinajstić information content (AvgIpc) is 2.40. The van der Waals surface area contributed by atoms with E-state index in [1.165, 1.54) is 11.8 Å². The van der Waals surface area contributed by atoms with Crippen molar-refractivity contribution in [3.05, 3.63) is 53.7 Å². The minimum absolute atomic E-state index is 0.0514. The van der Waals surface area contributed by atoms with E-state index in [0.29, 0.717) is 10.7 Å². The van der Waals surface area contributed by atoms with Crippen LogP contribution in [0.2, 0.25) is 5.02 Å². The third kappa shape index (κ3) is 4.26. The van der Waals surface area contributed by atoms with Crippen LogP contribution in [-0.4, -0.2) is 11.2 Å². The van der Waals surface area contributed by atoms with Crippen LogP contribution in [0.1, 0.15) is 6.92 Å². The quantitative estimate of drug-likeness (QED) is 0.879. The van der Waals surface area contributed by atoms with Crippen LogP contribution in [0.25, 0.3) is 0 Å². The molecule has 1 atom stereocenters. The second-order valence-corrected chi connectivity index (χ2v) is 5.81. The third-order valence-corrected chi connectivity index (χ3v) is 3.76. The van der Waals surface area contributed by atoms with Crippen molar-refractivity contribution >= 4 is 35.0 Å². The van der Waals surface area contributed by atoms with E-state index in [4.69, 9.17) is 11.6 Å². The standard InChI is InChI=1S/C14H13ClN2OS/c1-10(19-13-7-2-3-8-16-13)14(18)17-12-6-4-5-11(15)9-12/h2-10H,1H3,(H,17,18)/p+1. The first-order chi connectivity index (χ1) is 9.15. The van der Waals surface area contributed by atoms with Gasteiger partial charge in [-0.3, -0.25) is 4.79 Å². The second kappa shape index (κ2) is 6.59. The SMILES string of the molecule is CC(Sc1cccc[nH+]1)C(=O)Nc1cccc(Cl)c1. The van der Waals surface area contributed by atoms with Gasteiger partial charge in [-0.1, -0.05) is 17.7 Å². The van der Waals surface area contributed by atoms with Crippen molar-refractivity contribution < 1.29 is 9.78 Å². The molecule has 0 saturated carbocycles. The molecule has 0 fully saturated rings. The summed E-state index contributed by atoms with van der Waals surface area (Å²) >= 11 is 7.35. The summed E-state index contributed by atoms with van der Waals surface area (Å²) in [5, 5.41) is 4.21. The molecule has 0 spiro atoms. The summed E-state index contributed by atoms with van der Waals surface area (Å²) in [5.41, 5.74) is 0.710. The number of aromatic amines is 1. The molecule has 2 aromatic rings. The van der Waals surface area contributed by atoms with Crippen LogP contribution in [-0.2, 0) is 4.79 Å². The van der Waals surface area contributed by atoms with Crippen LogP contribution in [0, 0.1) is 0 Å². The largest absolute Gasteiger partial charge is 0.325 e. The Kier molecular flexibility index (Phi) is 4.82. The first-order valence-electron chi connectivity index (χ1n) is 5.85. The van der Waals surface area contributed by atoms with Crippen molar-refractivity contribution in [2.24, 2.45) is 0 Å². The van der Waals surface area contributed by atoms with E-state index in [0.717, 1.165) is 5.03 Å². The van der Waals surface area contributed by atoms with Gasteiger partial charge in [0.05, 0.1) is 5.25 Å². The smallest absolute Gasteiger partial charge is 0.239 e. The lowest BCUT2D eigenvalue weighted by atomic mass is 10.3. The maximum Gasteiger partial charge on any atom is 0.239 e. The van der Waals surface area contributed by atoms with E-state index < -0.39 is 0 Å². The highest BCUT2D eigenvalue weighted by molar-refractivity contribution is 8.00. The molecule has 98 valence electrons. The number of anilines is 1. The van der Waals surface area contributed by atoms with Crippen molar-refractivity contribution in [1.82, 2.24) is 0 Å². The number of pyridine rings is 1. The fraction of sp³-hybridized carbons (Fsp3) is 0.143. The van der Waals surface area contributed by atoms with Crippen molar-refractivity contribution in [3.63, 3.8) is 0 Å². The first-order valence-corrected chi connectivity index (χ1v) is 7.11. The number of rotatable bonds is 4. The zero-order valence-corrected chi connectivity index (χ0v) is 12.0. The number of benzene rings is 1. The summed E-state index contributed by atoms with van der Waals surface area (Å²) in [6.45, 7) is 1.87. The van der Waals surface area contributed by atoms with Crippen LogP contribution in [0.3, 0.4) is 0 Å². The van der Waals surface area contributed by atoms with Crippen LogP contribution in [0.15, 0.2) is 53.7 Å². The van der Waals surface area contributed by atoms with Gasteiger partial charge < -0.3 is 5.32 Å². The predicted octanol–water partition coefficient (Wildman–Crippen LogP) is 3.27. The number of hydrogen-bond donors (Lipinski definition) is 1. The van der Waals surface area contributed by atoms with Gasteiger partial charge in [0.15, 0.2) is 6.20 Å². The Morgan fingerprint density at radius 2 is 2.16 bits per heavy atom. The fourth-order valence-electron chi connectivity index (χ4n) is 1.50. The molecule has 1 amide bonds. The summed E-state index contributed by atoms with van der Waals surface area (Å²) in [6.07, 6.45) is 1.84. The van der Waals surface area contributed by atoms with Gasteiger partial charge in [0.2, 0.25) is 10.9 Å². The summed E-state index contributed by atoms with van der Waals surface area (Å²) in [4.78, 5) is 15.1. The van der Waals surface area contributed by atoms with Gasteiger partial charge in [-0.25, -0.2) is 4.98 Å². The summed E-state index contributed by atoms with van der Waals surface area (Å²) in [6, 6.07) is 12.9. The van der Waals surface area contributed by atoms with E-state index in [9.17, 15) is 4.79 Å². The molecule has 2 rings (SSSR count). The topological polar surface area (TPSA) is 43.2 Å². The molecule has 3 nitrogen and oxygen atoms in total. The van der Waals surface area contributed by atoms with Crippen LogP contribution in [0.5, 0.6) is 0 Å². The van der Waals surface area contributed by atoms with Crippen molar-refractivity contribution in [2.75, 3.05) is 5.32 Å². The predicted molar refractivity (Wildman–Crippen MR) is 78.4 cm³/mol. The number of amides is 1. The summed E-state index contributed by atoms with van der Waals surface area (Å²) in [7, 11) is 0. The summed E-state index contributed by atoms with van der Waals surface area (Å²) in [5.74, 6) is -0.0514. The molecular formula is C14H14ClN2OS+. The van der Waals surface area contributed by atoms with E-state index >= 15 is 0 Å². The van der Waals surface area contributed by atoms with Crippen LogP contribution < -0.4 is 10.3 Å². The molecule has 19 heavy (non-hydrogen) atoms. The average molecular weight is 294 g/mol. The number of halogens is 1. The summed E-state index contributed by atoms with van der Waals surface area (Å²) < 4.78 is 0. The van der Waals surface area contributed by atoms with Gasteiger partial charge in [-0.2, -0.15) is 0 Å². The van der Waals surface area contributed by atoms with E-state index in [1.807, 2.05) is 37.4 Å². The minimum Gasteiger partial charge on any atom is -0.325 e. The highest BCUT2D eigenvalue weighted by Crippen LogP contribution is 2.21. The molecule has 0 aliphatic carbocycles. The maximum atomic E-state index is 12.0. The fourth-order valence-corrected chi connectivity index (χ4v) is 2.53. The number of nitrogens with one attached hydrogen (secondary N) is 2. The zero-order chi connectivity index (χ0) is 13.7. The number of carbonyl (C=O) groups excluding carboxylic acids is 1. The van der Waals surface area contributed by atoms with Gasteiger partial charge in [-0.05, 0) is 43.0 Å². The second-order valence-electron chi connectivity index (χ2n) is 3.99. The molecule has 0 radical (unpaired) electrons. The van der Waals surface area contributed by atoms with Crippen LogP contribution in [0.4, 0.5) is 5.69 Å². The zero-order valence-electron chi connectivity index (χ0n) is 10.4. The monoisotopic (exact) mass is 293 g/mol. The van der Waals surface area contributed by atoms with E-state index in [-0.39, 0.29) is 11.2 Å². The third-order valence-electron chi connectivity index (χ3n) is 2.45. The molecule has 1 aromatic heterocycles. The highest BCUT2D eigenvalue weighted by Gasteiger charge is 2.17. The van der Waals surface area contributed by atoms with E-state index in [2.05, 4.69) is 10.3 Å². The lowest BCUT2D eigenvalue weighted by Gasteiger charge is -2.09. The van der Waals surface area contributed by atoms with Crippen molar-refractivity contribution in [1.29, 1.82) is 0 Å². The lowest BCUT2D eigenvalue weighted by molar-refractivity contribution is -0.426. The Bertz CT molecular complexity index is 562. The Labute approximate surface area is 121 Å². The normalized spacial score (nSPS) is 11.9. The van der Waals surface area contributed by atoms with Gasteiger partial charge in [0, 0.05) is 22.8 Å². The molecule has 5 heteroatoms. The number of H-pyrrole nitrogens is 1. The molecule has 0 aliphatic heterocycles. The molecule has 1 heterocycles. The van der Waals surface area contributed by atoms with Gasteiger partial charge in [0.1, 0.15) is 0 Å². The van der Waals surface area contributed by atoms with Gasteiger partial charge >= 0.3 is 0 Å². The Hall–Kier alpha value is -1.52. The molecule has 0 saturated heterocycles. The number of thioether (sulfide) groups is 1. The highest BCUT2D eigenvalue weighted by atomic mass is 35.5. The molecule has 0 aliphatic rings. The van der Waals surface area contributed by atoms with Gasteiger partial charge in [0.25, 0.3) is 0 Å². The Morgan fingerprint density at radius 1 is 1.32 bits per heavy atom. The molecule has 1 unspecified atom stereocenters. The maximum absolute atomic E-state index is 12.0. The lowest BCUT2D eigenvalue weighted by Crippen LogP contribution is -2.23. The number of carbonyl (C=O) groups is 1. The number of aromatic nitrogens is 1. The first kappa shape index (κ1) is 13.9. The number of hydrogen-bond acceptors (Lipinski definition) is 2. The van der Waals surface area contributed by atoms with Gasteiger partial charge in [-0.15, -0.1) is 0 Å². The Balaban J connectivity index is 1.96. The minimum atomic E-state index is -0.197. The molecule has 1 aromatic carbocycles. The van der Waals surface area contributed by atoms with Crippen LogP contribution >= 0.6 is 23.4 Å². The van der Waals surface area contributed by atoms with Crippen molar-refractivity contribution in [3.8, 4) is 0 Å². The molecular weight excluding hydrogens is 280 g/mol. The molecule has 0 bridgehead atoms. The van der Waals surface area contributed by atoms with E-state index in [1.54, 1.807) is 18.2 Å².